The highest BCUT2D eigenvalue weighted by molar-refractivity contribution is 6.02. The molecule has 0 spiro atoms. The summed E-state index contributed by atoms with van der Waals surface area (Å²) in [6.45, 7) is 0. The van der Waals surface area contributed by atoms with Crippen molar-refractivity contribution in [3.63, 3.8) is 0 Å². The third-order valence-corrected chi connectivity index (χ3v) is 1.93. The lowest BCUT2D eigenvalue weighted by Gasteiger charge is -1.99. The van der Waals surface area contributed by atoms with Gasteiger partial charge in [-0.1, -0.05) is 0 Å². The highest BCUT2D eigenvalue weighted by atomic mass is 35.5. The molecule has 0 saturated carbocycles. The van der Waals surface area contributed by atoms with Crippen LogP contribution in [0.5, 0.6) is 0 Å². The second-order valence-electron chi connectivity index (χ2n) is 2.76. The van der Waals surface area contributed by atoms with Crippen molar-refractivity contribution in [3.8, 4) is 0 Å². The lowest BCUT2D eigenvalue weighted by atomic mass is 10.1. The van der Waals surface area contributed by atoms with Gasteiger partial charge in [-0.05, 0) is 6.07 Å². The third-order valence-electron chi connectivity index (χ3n) is 1.93. The van der Waals surface area contributed by atoms with Crippen molar-refractivity contribution < 1.29 is 9.90 Å². The molecule has 0 unspecified atom stereocenters. The van der Waals surface area contributed by atoms with Gasteiger partial charge in [0, 0.05) is 24.0 Å². The van der Waals surface area contributed by atoms with Gasteiger partial charge in [0.1, 0.15) is 0 Å². The SMILES string of the molecule is Cl.O=C(O)c1c[nH]c(=O)c2ccncc12. The van der Waals surface area contributed by atoms with E-state index < -0.39 is 5.97 Å². The van der Waals surface area contributed by atoms with Crippen molar-refractivity contribution >= 4 is 29.1 Å². The van der Waals surface area contributed by atoms with E-state index in [0.29, 0.717) is 10.8 Å². The highest BCUT2D eigenvalue weighted by Gasteiger charge is 2.09. The van der Waals surface area contributed by atoms with Crippen LogP contribution in [0.15, 0.2) is 29.5 Å². The molecule has 0 bridgehead atoms. The van der Waals surface area contributed by atoms with E-state index in [1.165, 1.54) is 24.7 Å². The average molecular weight is 227 g/mol. The number of aromatic nitrogens is 2. The summed E-state index contributed by atoms with van der Waals surface area (Å²) >= 11 is 0. The molecule has 78 valence electrons. The summed E-state index contributed by atoms with van der Waals surface area (Å²) in [6.07, 6.45) is 3.99. The molecule has 0 aliphatic rings. The molecule has 0 fully saturated rings. The van der Waals surface area contributed by atoms with Crippen LogP contribution in [0, 0.1) is 0 Å². The van der Waals surface area contributed by atoms with Gasteiger partial charge in [0.15, 0.2) is 0 Å². The molecule has 2 aromatic heterocycles. The average Bonchev–Trinajstić information content (AvgIpc) is 2.18. The number of H-pyrrole nitrogens is 1. The Balaban J connectivity index is 0.00000112. The van der Waals surface area contributed by atoms with Crippen molar-refractivity contribution in [2.24, 2.45) is 0 Å². The monoisotopic (exact) mass is 226 g/mol. The van der Waals surface area contributed by atoms with Crippen LogP contribution in [-0.4, -0.2) is 21.0 Å². The number of hydrogen-bond donors (Lipinski definition) is 2. The number of halogens is 1. The van der Waals surface area contributed by atoms with E-state index in [2.05, 4.69) is 9.97 Å². The third kappa shape index (κ3) is 1.82. The number of nitrogens with one attached hydrogen (secondary N) is 1. The van der Waals surface area contributed by atoms with Gasteiger partial charge in [-0.15, -0.1) is 12.4 Å². The van der Waals surface area contributed by atoms with Gasteiger partial charge in [-0.25, -0.2) is 4.79 Å². The number of aromatic carboxylic acids is 1. The van der Waals surface area contributed by atoms with E-state index in [1.54, 1.807) is 0 Å². The van der Waals surface area contributed by atoms with Crippen molar-refractivity contribution in [3.05, 3.63) is 40.6 Å². The summed E-state index contributed by atoms with van der Waals surface area (Å²) in [5, 5.41) is 9.51. The van der Waals surface area contributed by atoms with Crippen molar-refractivity contribution in [1.29, 1.82) is 0 Å². The first kappa shape index (κ1) is 11.2. The summed E-state index contributed by atoms with van der Waals surface area (Å²) in [5.41, 5.74) is -0.264. The molecule has 0 saturated heterocycles. The fraction of sp³-hybridized carbons (Fsp3) is 0. The minimum absolute atomic E-state index is 0. The lowest BCUT2D eigenvalue weighted by molar-refractivity contribution is 0.0698. The van der Waals surface area contributed by atoms with Gasteiger partial charge < -0.3 is 10.1 Å². The van der Waals surface area contributed by atoms with Gasteiger partial charge in [0.05, 0.1) is 10.9 Å². The van der Waals surface area contributed by atoms with E-state index in [-0.39, 0.29) is 23.5 Å². The van der Waals surface area contributed by atoms with Crippen LogP contribution in [0.3, 0.4) is 0 Å². The minimum Gasteiger partial charge on any atom is -0.478 e. The second kappa shape index (κ2) is 4.10. The topological polar surface area (TPSA) is 83.0 Å². The van der Waals surface area contributed by atoms with E-state index in [9.17, 15) is 9.59 Å². The molecule has 0 aliphatic heterocycles. The minimum atomic E-state index is -1.08. The number of pyridine rings is 2. The van der Waals surface area contributed by atoms with Gasteiger partial charge in [-0.2, -0.15) is 0 Å². The molecule has 0 atom stereocenters. The maximum Gasteiger partial charge on any atom is 0.337 e. The van der Waals surface area contributed by atoms with Crippen LogP contribution in [0.25, 0.3) is 10.8 Å². The second-order valence-corrected chi connectivity index (χ2v) is 2.76. The lowest BCUT2D eigenvalue weighted by Crippen LogP contribution is -2.10. The van der Waals surface area contributed by atoms with Gasteiger partial charge in [0.2, 0.25) is 0 Å². The molecular formula is C9H7ClN2O3. The molecule has 15 heavy (non-hydrogen) atoms. The molecule has 2 aromatic rings. The normalized spacial score (nSPS) is 9.60. The number of hydrogen-bond acceptors (Lipinski definition) is 3. The summed E-state index contributed by atoms with van der Waals surface area (Å²) in [6, 6.07) is 1.49. The number of carboxylic acid groups (broad SMARTS) is 1. The summed E-state index contributed by atoms with van der Waals surface area (Å²) in [5.74, 6) is -1.08. The molecule has 5 nitrogen and oxygen atoms in total. The molecule has 2 heterocycles. The smallest absolute Gasteiger partial charge is 0.337 e. The Hall–Kier alpha value is -1.88. The van der Waals surface area contributed by atoms with Crippen LogP contribution in [-0.2, 0) is 0 Å². The highest BCUT2D eigenvalue weighted by Crippen LogP contribution is 2.12. The van der Waals surface area contributed by atoms with Crippen LogP contribution in [0.1, 0.15) is 10.4 Å². The predicted octanol–water partition coefficient (Wildman–Crippen LogP) is 1.04. The van der Waals surface area contributed by atoms with E-state index in [1.807, 2.05) is 0 Å². The first-order valence-corrected chi connectivity index (χ1v) is 3.89. The molecule has 0 aliphatic carbocycles. The summed E-state index contributed by atoms with van der Waals surface area (Å²) < 4.78 is 0. The summed E-state index contributed by atoms with van der Waals surface area (Å²) in [7, 11) is 0. The van der Waals surface area contributed by atoms with E-state index >= 15 is 0 Å². The molecule has 2 rings (SSSR count). The first-order valence-electron chi connectivity index (χ1n) is 3.89. The van der Waals surface area contributed by atoms with Crippen LogP contribution < -0.4 is 5.56 Å². The number of carbonyl (C=O) groups is 1. The van der Waals surface area contributed by atoms with Crippen LogP contribution >= 0.6 is 12.4 Å². The Morgan fingerprint density at radius 3 is 2.80 bits per heavy atom. The fourth-order valence-electron chi connectivity index (χ4n) is 1.28. The molecular weight excluding hydrogens is 220 g/mol. The Morgan fingerprint density at radius 2 is 2.13 bits per heavy atom. The Bertz CT molecular complexity index is 565. The zero-order valence-electron chi connectivity index (χ0n) is 7.43. The molecule has 6 heteroatoms. The maximum absolute atomic E-state index is 11.3. The van der Waals surface area contributed by atoms with Crippen LogP contribution in [0.4, 0.5) is 0 Å². The van der Waals surface area contributed by atoms with Gasteiger partial charge in [0.25, 0.3) is 5.56 Å². The zero-order valence-corrected chi connectivity index (χ0v) is 8.25. The maximum atomic E-state index is 11.3. The number of nitrogens with zero attached hydrogens (tertiary/aromatic N) is 1. The number of fused-ring (bicyclic) bond motifs is 1. The van der Waals surface area contributed by atoms with Gasteiger partial charge >= 0.3 is 5.97 Å². The Labute approximate surface area is 90.2 Å². The van der Waals surface area contributed by atoms with Gasteiger partial charge in [-0.3, -0.25) is 9.78 Å². The largest absolute Gasteiger partial charge is 0.478 e. The van der Waals surface area contributed by atoms with Crippen molar-refractivity contribution in [2.45, 2.75) is 0 Å². The Morgan fingerprint density at radius 1 is 1.40 bits per heavy atom. The summed E-state index contributed by atoms with van der Waals surface area (Å²) in [4.78, 5) is 28.2. The van der Waals surface area contributed by atoms with Crippen molar-refractivity contribution in [1.82, 2.24) is 9.97 Å². The number of rotatable bonds is 1. The zero-order chi connectivity index (χ0) is 10.1. The van der Waals surface area contributed by atoms with E-state index in [4.69, 9.17) is 5.11 Å². The number of aromatic amines is 1. The number of carboxylic acids is 1. The Kier molecular flexibility index (Phi) is 3.06. The fourth-order valence-corrected chi connectivity index (χ4v) is 1.28. The molecule has 0 radical (unpaired) electrons. The standard InChI is InChI=1S/C9H6N2O3.ClH/c12-8-5-1-2-10-3-6(5)7(4-11-8)9(13)14;/h1-4H,(H,11,12)(H,13,14);1H. The van der Waals surface area contributed by atoms with Crippen molar-refractivity contribution in [2.75, 3.05) is 0 Å². The predicted molar refractivity (Wildman–Crippen MR) is 56.6 cm³/mol. The first-order chi connectivity index (χ1) is 6.70. The quantitative estimate of drug-likeness (QED) is 0.761. The molecule has 0 amide bonds. The molecule has 0 aromatic carbocycles. The van der Waals surface area contributed by atoms with E-state index in [0.717, 1.165) is 0 Å². The molecule has 2 N–H and O–H groups in total. The van der Waals surface area contributed by atoms with Crippen LogP contribution in [0.2, 0.25) is 0 Å².